The molecule has 0 atom stereocenters. The van der Waals surface area contributed by atoms with Crippen molar-refractivity contribution in [3.63, 3.8) is 0 Å². The zero-order valence-corrected chi connectivity index (χ0v) is 14.6. The molecular weight excluding hydrogens is 320 g/mol. The largest absolute Gasteiger partial charge is 0.355 e. The number of urea groups is 1. The van der Waals surface area contributed by atoms with Crippen molar-refractivity contribution in [3.05, 3.63) is 35.9 Å². The Balaban J connectivity index is 1.88. The van der Waals surface area contributed by atoms with Crippen LogP contribution in [0.1, 0.15) is 38.2 Å². The number of nitrogens with one attached hydrogen (secondary N) is 4. The highest BCUT2D eigenvalue weighted by atomic mass is 16.2. The number of carbonyl (C=O) groups excluding carboxylic acids is 3. The van der Waals surface area contributed by atoms with Crippen LogP contribution < -0.4 is 21.3 Å². The van der Waals surface area contributed by atoms with E-state index in [2.05, 4.69) is 21.3 Å². The molecule has 1 aliphatic carbocycles. The quantitative estimate of drug-likeness (QED) is 0.594. The summed E-state index contributed by atoms with van der Waals surface area (Å²) in [5.41, 5.74) is 0.0478. The van der Waals surface area contributed by atoms with Crippen LogP contribution in [0.2, 0.25) is 0 Å². The van der Waals surface area contributed by atoms with Gasteiger partial charge in [0.2, 0.25) is 11.8 Å². The van der Waals surface area contributed by atoms with Gasteiger partial charge in [0.1, 0.15) is 5.54 Å². The van der Waals surface area contributed by atoms with Crippen LogP contribution in [0.3, 0.4) is 0 Å². The topological polar surface area (TPSA) is 99.3 Å². The first-order valence-corrected chi connectivity index (χ1v) is 8.71. The average molecular weight is 346 g/mol. The Hall–Kier alpha value is -2.57. The maximum Gasteiger partial charge on any atom is 0.315 e. The molecule has 2 rings (SSSR count). The monoisotopic (exact) mass is 346 g/mol. The van der Waals surface area contributed by atoms with Gasteiger partial charge in [0.15, 0.2) is 0 Å². The van der Waals surface area contributed by atoms with E-state index in [1.165, 1.54) is 0 Å². The van der Waals surface area contributed by atoms with Gasteiger partial charge in [-0.1, -0.05) is 43.2 Å². The summed E-state index contributed by atoms with van der Waals surface area (Å²) >= 11 is 0. The van der Waals surface area contributed by atoms with Crippen LogP contribution >= 0.6 is 0 Å². The fourth-order valence-corrected chi connectivity index (χ4v) is 3.02. The van der Waals surface area contributed by atoms with Gasteiger partial charge in [-0.25, -0.2) is 4.79 Å². The summed E-state index contributed by atoms with van der Waals surface area (Å²) in [4.78, 5) is 36.3. The lowest BCUT2D eigenvalue weighted by molar-refractivity contribution is -0.130. The van der Waals surface area contributed by atoms with Crippen molar-refractivity contribution < 1.29 is 14.4 Å². The number of hydrogen-bond acceptors (Lipinski definition) is 3. The summed E-state index contributed by atoms with van der Waals surface area (Å²) in [6.07, 6.45) is 2.89. The molecule has 4 N–H and O–H groups in total. The number of hydrogen-bond donors (Lipinski definition) is 4. The van der Waals surface area contributed by atoms with Gasteiger partial charge in [-0.3, -0.25) is 9.59 Å². The van der Waals surface area contributed by atoms with E-state index < -0.39 is 5.54 Å². The SMILES string of the molecule is CCNC(=O)CNC(=O)C1(NC(=O)NCc2ccccc2)CCCC1. The minimum atomic E-state index is -0.937. The minimum absolute atomic E-state index is 0.0816. The van der Waals surface area contributed by atoms with Gasteiger partial charge in [0, 0.05) is 13.1 Å². The van der Waals surface area contributed by atoms with E-state index in [9.17, 15) is 14.4 Å². The highest BCUT2D eigenvalue weighted by Crippen LogP contribution is 2.29. The van der Waals surface area contributed by atoms with Gasteiger partial charge >= 0.3 is 6.03 Å². The van der Waals surface area contributed by atoms with E-state index in [0.29, 0.717) is 25.9 Å². The predicted octanol–water partition coefficient (Wildman–Crippen LogP) is 1.05. The Kier molecular flexibility index (Phi) is 6.80. The zero-order valence-electron chi connectivity index (χ0n) is 14.6. The molecular formula is C18H26N4O3. The van der Waals surface area contributed by atoms with E-state index in [1.807, 2.05) is 37.3 Å². The number of likely N-dealkylation sites (N-methyl/N-ethyl adjacent to an activating group) is 1. The molecule has 1 aromatic rings. The Bertz CT molecular complexity index is 598. The molecule has 0 unspecified atom stereocenters. The highest BCUT2D eigenvalue weighted by molar-refractivity contribution is 5.93. The van der Waals surface area contributed by atoms with Crippen molar-refractivity contribution in [2.75, 3.05) is 13.1 Å². The van der Waals surface area contributed by atoms with E-state index in [-0.39, 0.29) is 24.4 Å². The lowest BCUT2D eigenvalue weighted by Crippen LogP contribution is -2.60. The van der Waals surface area contributed by atoms with Gasteiger partial charge in [-0.2, -0.15) is 0 Å². The van der Waals surface area contributed by atoms with Crippen LogP contribution in [-0.2, 0) is 16.1 Å². The summed E-state index contributed by atoms with van der Waals surface area (Å²) < 4.78 is 0. The molecule has 0 saturated heterocycles. The Morgan fingerprint density at radius 3 is 2.32 bits per heavy atom. The highest BCUT2D eigenvalue weighted by Gasteiger charge is 2.42. The average Bonchev–Trinajstić information content (AvgIpc) is 3.09. The van der Waals surface area contributed by atoms with E-state index in [4.69, 9.17) is 0 Å². The third-order valence-electron chi connectivity index (χ3n) is 4.32. The van der Waals surface area contributed by atoms with Gasteiger partial charge in [0.25, 0.3) is 0 Å². The van der Waals surface area contributed by atoms with Crippen molar-refractivity contribution in [1.29, 1.82) is 0 Å². The Labute approximate surface area is 147 Å². The third-order valence-corrected chi connectivity index (χ3v) is 4.32. The lowest BCUT2D eigenvalue weighted by atomic mass is 9.96. The van der Waals surface area contributed by atoms with Gasteiger partial charge in [-0.15, -0.1) is 0 Å². The number of benzene rings is 1. The molecule has 7 heteroatoms. The van der Waals surface area contributed by atoms with Crippen molar-refractivity contribution in [1.82, 2.24) is 21.3 Å². The second-order valence-electron chi connectivity index (χ2n) is 6.22. The number of rotatable bonds is 7. The molecule has 0 spiro atoms. The molecule has 136 valence electrons. The first-order valence-electron chi connectivity index (χ1n) is 8.71. The van der Waals surface area contributed by atoms with Crippen molar-refractivity contribution in [2.24, 2.45) is 0 Å². The lowest BCUT2D eigenvalue weighted by Gasteiger charge is -2.29. The number of carbonyl (C=O) groups is 3. The first-order chi connectivity index (χ1) is 12.1. The fraction of sp³-hybridized carbons (Fsp3) is 0.500. The van der Waals surface area contributed by atoms with Gasteiger partial charge in [-0.05, 0) is 25.3 Å². The molecule has 1 aromatic carbocycles. The Morgan fingerprint density at radius 1 is 1.00 bits per heavy atom. The number of amides is 4. The van der Waals surface area contributed by atoms with E-state index in [1.54, 1.807) is 0 Å². The third kappa shape index (κ3) is 5.48. The molecule has 7 nitrogen and oxygen atoms in total. The normalized spacial score (nSPS) is 15.2. The van der Waals surface area contributed by atoms with Crippen LogP contribution in [-0.4, -0.2) is 36.5 Å². The maximum absolute atomic E-state index is 12.6. The zero-order chi connectivity index (χ0) is 18.1. The predicted molar refractivity (Wildman–Crippen MR) is 94.7 cm³/mol. The standard InChI is InChI=1S/C18H26N4O3/c1-2-19-15(23)13-20-16(24)18(10-6-7-11-18)22-17(25)21-12-14-8-4-3-5-9-14/h3-5,8-9H,2,6-7,10-13H2,1H3,(H,19,23)(H,20,24)(H2,21,22,25). The molecule has 1 saturated carbocycles. The summed E-state index contributed by atoms with van der Waals surface area (Å²) in [6, 6.07) is 9.19. The van der Waals surface area contributed by atoms with Crippen molar-refractivity contribution >= 4 is 17.8 Å². The summed E-state index contributed by atoms with van der Waals surface area (Å²) in [7, 11) is 0. The summed E-state index contributed by atoms with van der Waals surface area (Å²) in [5.74, 6) is -0.538. The van der Waals surface area contributed by atoms with Gasteiger partial charge in [0.05, 0.1) is 6.54 Å². The molecule has 0 aromatic heterocycles. The molecule has 0 heterocycles. The maximum atomic E-state index is 12.6. The summed E-state index contributed by atoms with van der Waals surface area (Å²) in [6.45, 7) is 2.64. The molecule has 25 heavy (non-hydrogen) atoms. The van der Waals surface area contributed by atoms with Crippen molar-refractivity contribution in [3.8, 4) is 0 Å². The second-order valence-corrected chi connectivity index (χ2v) is 6.22. The molecule has 0 bridgehead atoms. The fourth-order valence-electron chi connectivity index (χ4n) is 3.02. The molecule has 4 amide bonds. The first kappa shape index (κ1) is 18.8. The van der Waals surface area contributed by atoms with Crippen LogP contribution in [0.25, 0.3) is 0 Å². The Morgan fingerprint density at radius 2 is 1.68 bits per heavy atom. The van der Waals surface area contributed by atoms with Crippen LogP contribution in [0.4, 0.5) is 4.79 Å². The molecule has 0 radical (unpaired) electrons. The van der Waals surface area contributed by atoms with E-state index in [0.717, 1.165) is 18.4 Å². The van der Waals surface area contributed by atoms with Crippen LogP contribution in [0.15, 0.2) is 30.3 Å². The van der Waals surface area contributed by atoms with Crippen LogP contribution in [0.5, 0.6) is 0 Å². The second kappa shape index (κ2) is 9.05. The molecule has 1 fully saturated rings. The smallest absolute Gasteiger partial charge is 0.315 e. The van der Waals surface area contributed by atoms with Gasteiger partial charge < -0.3 is 21.3 Å². The van der Waals surface area contributed by atoms with Crippen LogP contribution in [0, 0.1) is 0 Å². The minimum Gasteiger partial charge on any atom is -0.355 e. The van der Waals surface area contributed by atoms with Crippen molar-refractivity contribution in [2.45, 2.75) is 44.7 Å². The molecule has 0 aliphatic heterocycles. The van der Waals surface area contributed by atoms with E-state index >= 15 is 0 Å². The summed E-state index contributed by atoms with van der Waals surface area (Å²) in [5, 5.41) is 10.9. The molecule has 1 aliphatic rings.